The van der Waals surface area contributed by atoms with Gasteiger partial charge in [-0.05, 0) is 60.5 Å². The third kappa shape index (κ3) is 5.29. The van der Waals surface area contributed by atoms with Crippen molar-refractivity contribution in [1.82, 2.24) is 14.2 Å². The first kappa shape index (κ1) is 26.9. The SMILES string of the molecule is C[C@@H]1CN([C@H](C)CO)S(=O)(=O)c2ccc(-c3ccncc3)cc2O[C@H]1CN(C)C(=O)c1ccc2c(c1)OCO2. The summed E-state index contributed by atoms with van der Waals surface area (Å²) in [6.07, 6.45) is 2.79. The van der Waals surface area contributed by atoms with Gasteiger partial charge < -0.3 is 24.2 Å². The van der Waals surface area contributed by atoms with Crippen LogP contribution in [0.15, 0.2) is 65.8 Å². The van der Waals surface area contributed by atoms with E-state index in [0.29, 0.717) is 17.1 Å². The summed E-state index contributed by atoms with van der Waals surface area (Å²) < 4.78 is 45.9. The van der Waals surface area contributed by atoms with E-state index >= 15 is 0 Å². The van der Waals surface area contributed by atoms with Crippen LogP contribution in [0, 0.1) is 5.92 Å². The predicted molar refractivity (Wildman–Crippen MR) is 143 cm³/mol. The molecule has 3 atom stereocenters. The quantitative estimate of drug-likeness (QED) is 0.495. The Bertz CT molecular complexity index is 1470. The highest BCUT2D eigenvalue weighted by Crippen LogP contribution is 2.37. The number of carbonyl (C=O) groups is 1. The van der Waals surface area contributed by atoms with Gasteiger partial charge in [-0.3, -0.25) is 9.78 Å². The van der Waals surface area contributed by atoms with Crippen molar-refractivity contribution < 1.29 is 32.5 Å². The van der Waals surface area contributed by atoms with Crippen LogP contribution in [0.2, 0.25) is 0 Å². The molecule has 0 saturated carbocycles. The van der Waals surface area contributed by atoms with E-state index in [9.17, 15) is 18.3 Å². The summed E-state index contributed by atoms with van der Waals surface area (Å²) in [5, 5.41) is 9.87. The average Bonchev–Trinajstić information content (AvgIpc) is 3.42. The monoisotopic (exact) mass is 553 g/mol. The number of hydrogen-bond donors (Lipinski definition) is 1. The highest BCUT2D eigenvalue weighted by Gasteiger charge is 2.38. The van der Waals surface area contributed by atoms with Gasteiger partial charge in [0.15, 0.2) is 11.5 Å². The molecule has 0 unspecified atom stereocenters. The molecule has 0 radical (unpaired) electrons. The van der Waals surface area contributed by atoms with E-state index in [0.717, 1.165) is 11.1 Å². The van der Waals surface area contributed by atoms with Gasteiger partial charge in [-0.1, -0.05) is 13.0 Å². The normalized spacial score (nSPS) is 20.7. The molecule has 11 heteroatoms. The third-order valence-corrected chi connectivity index (χ3v) is 9.12. The molecule has 2 aliphatic rings. The van der Waals surface area contributed by atoms with Gasteiger partial charge in [-0.15, -0.1) is 0 Å². The largest absolute Gasteiger partial charge is 0.487 e. The van der Waals surface area contributed by atoms with Crippen LogP contribution < -0.4 is 14.2 Å². The summed E-state index contributed by atoms with van der Waals surface area (Å²) in [5.41, 5.74) is 2.07. The summed E-state index contributed by atoms with van der Waals surface area (Å²) in [6, 6.07) is 13.0. The van der Waals surface area contributed by atoms with E-state index in [1.54, 1.807) is 61.6 Å². The van der Waals surface area contributed by atoms with Crippen molar-refractivity contribution >= 4 is 15.9 Å². The Balaban J connectivity index is 1.49. The van der Waals surface area contributed by atoms with Crippen molar-refractivity contribution in [2.24, 2.45) is 5.92 Å². The molecule has 0 bridgehead atoms. The first-order valence-corrected chi connectivity index (χ1v) is 14.1. The number of aromatic nitrogens is 1. The maximum Gasteiger partial charge on any atom is 0.253 e. The topological polar surface area (TPSA) is 118 Å². The second kappa shape index (κ2) is 10.8. The first-order chi connectivity index (χ1) is 18.7. The van der Waals surface area contributed by atoms with Crippen molar-refractivity contribution in [3.63, 3.8) is 0 Å². The number of ether oxygens (including phenoxy) is 3. The molecule has 3 heterocycles. The highest BCUT2D eigenvalue weighted by atomic mass is 32.2. The molecular weight excluding hydrogens is 522 g/mol. The minimum atomic E-state index is -3.97. The van der Waals surface area contributed by atoms with Crippen LogP contribution in [0.5, 0.6) is 17.2 Å². The summed E-state index contributed by atoms with van der Waals surface area (Å²) in [7, 11) is -2.29. The van der Waals surface area contributed by atoms with Crippen LogP contribution >= 0.6 is 0 Å². The summed E-state index contributed by atoms with van der Waals surface area (Å²) in [4.78, 5) is 18.9. The van der Waals surface area contributed by atoms with E-state index in [4.69, 9.17) is 14.2 Å². The summed E-state index contributed by atoms with van der Waals surface area (Å²) in [5.74, 6) is 0.761. The van der Waals surface area contributed by atoms with Crippen molar-refractivity contribution in [3.05, 3.63) is 66.5 Å². The number of aliphatic hydroxyl groups is 1. The number of benzene rings is 2. The maximum atomic E-state index is 13.7. The zero-order valence-corrected chi connectivity index (χ0v) is 22.8. The van der Waals surface area contributed by atoms with E-state index in [1.807, 2.05) is 19.1 Å². The second-order valence-corrected chi connectivity index (χ2v) is 11.8. The lowest BCUT2D eigenvalue weighted by atomic mass is 10.0. The zero-order valence-electron chi connectivity index (χ0n) is 22.0. The molecular formula is C28H31N3O7S. The smallest absolute Gasteiger partial charge is 0.253 e. The summed E-state index contributed by atoms with van der Waals surface area (Å²) in [6.45, 7) is 3.66. The number of sulfonamides is 1. The van der Waals surface area contributed by atoms with Gasteiger partial charge in [0.05, 0.1) is 13.2 Å². The van der Waals surface area contributed by atoms with Crippen LogP contribution in [0.25, 0.3) is 11.1 Å². The molecule has 1 aromatic heterocycles. The Labute approximate surface area is 227 Å². The molecule has 10 nitrogen and oxygen atoms in total. The van der Waals surface area contributed by atoms with Gasteiger partial charge >= 0.3 is 0 Å². The van der Waals surface area contributed by atoms with Gasteiger partial charge in [-0.25, -0.2) is 8.42 Å². The number of pyridine rings is 1. The second-order valence-electron chi connectivity index (χ2n) is 9.89. The Morgan fingerprint density at radius 3 is 2.56 bits per heavy atom. The van der Waals surface area contributed by atoms with Crippen LogP contribution in [-0.2, 0) is 10.0 Å². The number of hydrogen-bond acceptors (Lipinski definition) is 8. The minimum absolute atomic E-state index is 0.0160. The molecule has 0 spiro atoms. The Hall–Kier alpha value is -3.67. The van der Waals surface area contributed by atoms with Crippen LogP contribution in [0.4, 0.5) is 0 Å². The molecule has 5 rings (SSSR count). The fourth-order valence-corrected chi connectivity index (χ4v) is 6.60. The number of aliphatic hydroxyl groups excluding tert-OH is 1. The van der Waals surface area contributed by atoms with Crippen LogP contribution in [-0.4, -0.2) is 79.3 Å². The van der Waals surface area contributed by atoms with E-state index in [1.165, 1.54) is 10.4 Å². The van der Waals surface area contributed by atoms with E-state index < -0.39 is 22.2 Å². The number of carbonyl (C=O) groups excluding carboxylic acids is 1. The van der Waals surface area contributed by atoms with E-state index in [-0.39, 0.29) is 49.0 Å². The van der Waals surface area contributed by atoms with Gasteiger partial charge in [0.25, 0.3) is 5.91 Å². The fourth-order valence-electron chi connectivity index (χ4n) is 4.77. The van der Waals surface area contributed by atoms with Crippen LogP contribution in [0.3, 0.4) is 0 Å². The minimum Gasteiger partial charge on any atom is -0.487 e. The standard InChI is InChI=1S/C28H31N3O7S/c1-18-14-31(19(2)16-32)39(34,35)27-7-5-21(20-8-10-29-11-9-20)12-25(27)38-26(18)15-30(3)28(33)22-4-6-23-24(13-22)37-17-36-23/h4-13,18-19,26,32H,14-17H2,1-3H3/t18-,19-,26+/m1/s1. The van der Waals surface area contributed by atoms with Gasteiger partial charge in [-0.2, -0.15) is 4.31 Å². The van der Waals surface area contributed by atoms with Crippen molar-refractivity contribution in [1.29, 1.82) is 0 Å². The van der Waals surface area contributed by atoms with Gasteiger partial charge in [0.2, 0.25) is 16.8 Å². The molecule has 206 valence electrons. The number of fused-ring (bicyclic) bond motifs is 2. The Morgan fingerprint density at radius 1 is 1.08 bits per heavy atom. The molecule has 2 aliphatic heterocycles. The van der Waals surface area contributed by atoms with Gasteiger partial charge in [0.1, 0.15) is 16.7 Å². The Kier molecular flexibility index (Phi) is 7.48. The van der Waals surface area contributed by atoms with Crippen molar-refractivity contribution in [2.75, 3.05) is 33.5 Å². The molecule has 2 aromatic carbocycles. The molecule has 3 aromatic rings. The zero-order chi connectivity index (χ0) is 27.7. The highest BCUT2D eigenvalue weighted by molar-refractivity contribution is 7.89. The molecule has 0 aliphatic carbocycles. The number of nitrogens with zero attached hydrogens (tertiary/aromatic N) is 3. The predicted octanol–water partition coefficient (Wildman–Crippen LogP) is 3.02. The maximum absolute atomic E-state index is 13.7. The fraction of sp³-hybridized carbons (Fsp3) is 0.357. The first-order valence-electron chi connectivity index (χ1n) is 12.7. The number of amides is 1. The lowest BCUT2D eigenvalue weighted by Gasteiger charge is -2.37. The van der Waals surface area contributed by atoms with Crippen molar-refractivity contribution in [3.8, 4) is 28.4 Å². The summed E-state index contributed by atoms with van der Waals surface area (Å²) >= 11 is 0. The number of likely N-dealkylation sites (N-methyl/N-ethyl adjacent to an activating group) is 1. The van der Waals surface area contributed by atoms with E-state index in [2.05, 4.69) is 4.98 Å². The molecule has 1 N–H and O–H groups in total. The van der Waals surface area contributed by atoms with Crippen LogP contribution in [0.1, 0.15) is 24.2 Å². The average molecular weight is 554 g/mol. The Morgan fingerprint density at radius 2 is 1.82 bits per heavy atom. The van der Waals surface area contributed by atoms with Crippen molar-refractivity contribution in [2.45, 2.75) is 30.9 Å². The third-order valence-electron chi connectivity index (χ3n) is 7.10. The van der Waals surface area contributed by atoms with Gasteiger partial charge in [0, 0.05) is 43.5 Å². The molecule has 1 amide bonds. The lowest BCUT2D eigenvalue weighted by Crippen LogP contribution is -2.50. The number of rotatable bonds is 6. The lowest BCUT2D eigenvalue weighted by molar-refractivity contribution is 0.0563. The molecule has 39 heavy (non-hydrogen) atoms. The molecule has 0 saturated heterocycles. The molecule has 0 fully saturated rings.